The molecule has 0 fully saturated rings. The van der Waals surface area contributed by atoms with E-state index in [2.05, 4.69) is 22.1 Å². The second-order valence-corrected chi connectivity index (χ2v) is 4.97. The van der Waals surface area contributed by atoms with Gasteiger partial charge in [-0.1, -0.05) is 30.3 Å². The number of aromatic amines is 1. The zero-order valence-corrected chi connectivity index (χ0v) is 11.8. The first-order chi connectivity index (χ1) is 10.2. The molecule has 21 heavy (non-hydrogen) atoms. The Morgan fingerprint density at radius 2 is 2.14 bits per heavy atom. The van der Waals surface area contributed by atoms with Crippen molar-refractivity contribution in [3.8, 4) is 11.3 Å². The lowest BCUT2D eigenvalue weighted by atomic mass is 10.1. The first-order valence-electron chi connectivity index (χ1n) is 6.35. The summed E-state index contributed by atoms with van der Waals surface area (Å²) >= 11 is 5.97. The molecule has 1 heterocycles. The van der Waals surface area contributed by atoms with Gasteiger partial charge in [-0.05, 0) is 36.4 Å². The molecular formula is C16H12ClN3O. The summed E-state index contributed by atoms with van der Waals surface area (Å²) in [7, 11) is 0. The summed E-state index contributed by atoms with van der Waals surface area (Å²) in [5.41, 5.74) is 3.29. The Hall–Kier alpha value is -2.59. The second-order valence-electron chi connectivity index (χ2n) is 4.54. The number of rotatable bonds is 3. The third-order valence-electron chi connectivity index (χ3n) is 3.11. The first-order valence-corrected chi connectivity index (χ1v) is 6.72. The Labute approximate surface area is 126 Å². The Balaban J connectivity index is 2.04. The number of nitrogens with one attached hydrogen (secondary N) is 2. The van der Waals surface area contributed by atoms with E-state index in [-0.39, 0.29) is 5.91 Å². The molecule has 104 valence electrons. The number of aromatic nitrogens is 2. The number of hydrogen-bond donors (Lipinski definition) is 2. The van der Waals surface area contributed by atoms with Gasteiger partial charge in [0.05, 0.1) is 11.2 Å². The normalized spacial score (nSPS) is 10.5. The van der Waals surface area contributed by atoms with Gasteiger partial charge in [-0.15, -0.1) is 0 Å². The molecule has 0 aliphatic carbocycles. The van der Waals surface area contributed by atoms with Gasteiger partial charge in [-0.3, -0.25) is 9.89 Å². The molecule has 0 bridgehead atoms. The summed E-state index contributed by atoms with van der Waals surface area (Å²) in [6, 6.07) is 13.1. The van der Waals surface area contributed by atoms with Gasteiger partial charge < -0.3 is 5.32 Å². The molecule has 0 saturated carbocycles. The minimum Gasteiger partial charge on any atom is -0.323 e. The molecule has 5 heteroatoms. The summed E-state index contributed by atoms with van der Waals surface area (Å²) < 4.78 is 0. The Kier molecular flexibility index (Phi) is 3.46. The maximum absolute atomic E-state index is 11.4. The molecule has 3 aromatic rings. The highest BCUT2D eigenvalue weighted by Crippen LogP contribution is 2.29. The van der Waals surface area contributed by atoms with Crippen LogP contribution in [-0.4, -0.2) is 16.1 Å². The van der Waals surface area contributed by atoms with E-state index in [1.165, 1.54) is 6.08 Å². The van der Waals surface area contributed by atoms with E-state index in [1.807, 2.05) is 42.5 Å². The topological polar surface area (TPSA) is 57.8 Å². The molecule has 0 unspecified atom stereocenters. The largest absolute Gasteiger partial charge is 0.323 e. The number of carbonyl (C=O) groups excluding carboxylic acids is 1. The lowest BCUT2D eigenvalue weighted by molar-refractivity contribution is -0.111. The molecular weight excluding hydrogens is 286 g/mol. The zero-order valence-electron chi connectivity index (χ0n) is 11.1. The van der Waals surface area contributed by atoms with Gasteiger partial charge in [-0.25, -0.2) is 0 Å². The Morgan fingerprint density at radius 1 is 1.29 bits per heavy atom. The number of fused-ring (bicyclic) bond motifs is 1. The van der Waals surface area contributed by atoms with E-state index >= 15 is 0 Å². The third-order valence-corrected chi connectivity index (χ3v) is 3.35. The van der Waals surface area contributed by atoms with Crippen molar-refractivity contribution < 1.29 is 4.79 Å². The van der Waals surface area contributed by atoms with E-state index < -0.39 is 0 Å². The highest BCUT2D eigenvalue weighted by molar-refractivity contribution is 6.31. The molecule has 0 radical (unpaired) electrons. The van der Waals surface area contributed by atoms with Crippen LogP contribution in [0.2, 0.25) is 5.02 Å². The van der Waals surface area contributed by atoms with Crippen molar-refractivity contribution in [3.05, 3.63) is 60.1 Å². The molecule has 0 aliphatic heterocycles. The standard InChI is InChI=1S/C16H12ClN3O/c1-2-15(21)18-12-5-3-4-10(8-12)16-13-7-6-11(17)9-14(13)19-20-16/h2-9H,1H2,(H,18,21)(H,19,20). The van der Waals surface area contributed by atoms with Crippen LogP contribution in [0, 0.1) is 0 Å². The smallest absolute Gasteiger partial charge is 0.247 e. The summed E-state index contributed by atoms with van der Waals surface area (Å²) in [6.07, 6.45) is 1.23. The number of amides is 1. The van der Waals surface area contributed by atoms with Gasteiger partial charge in [0.1, 0.15) is 0 Å². The quantitative estimate of drug-likeness (QED) is 0.718. The van der Waals surface area contributed by atoms with Gasteiger partial charge in [-0.2, -0.15) is 5.10 Å². The van der Waals surface area contributed by atoms with Crippen molar-refractivity contribution in [2.24, 2.45) is 0 Å². The van der Waals surface area contributed by atoms with Gasteiger partial charge in [0.25, 0.3) is 0 Å². The van der Waals surface area contributed by atoms with Crippen LogP contribution < -0.4 is 5.32 Å². The van der Waals surface area contributed by atoms with Gasteiger partial charge >= 0.3 is 0 Å². The predicted molar refractivity (Wildman–Crippen MR) is 85.4 cm³/mol. The molecule has 1 amide bonds. The monoisotopic (exact) mass is 297 g/mol. The van der Waals surface area contributed by atoms with E-state index in [4.69, 9.17) is 11.6 Å². The molecule has 0 saturated heterocycles. The number of benzene rings is 2. The fraction of sp³-hybridized carbons (Fsp3) is 0. The van der Waals surface area contributed by atoms with Crippen molar-refractivity contribution >= 4 is 34.1 Å². The average molecular weight is 298 g/mol. The summed E-state index contributed by atoms with van der Waals surface area (Å²) in [4.78, 5) is 11.4. The van der Waals surface area contributed by atoms with Gasteiger partial charge in [0.15, 0.2) is 0 Å². The van der Waals surface area contributed by atoms with Crippen molar-refractivity contribution in [2.75, 3.05) is 5.32 Å². The van der Waals surface area contributed by atoms with Gasteiger partial charge in [0, 0.05) is 21.7 Å². The number of nitrogens with zero attached hydrogens (tertiary/aromatic N) is 1. The second kappa shape index (κ2) is 5.42. The van der Waals surface area contributed by atoms with Gasteiger partial charge in [0.2, 0.25) is 5.91 Å². The van der Waals surface area contributed by atoms with E-state index in [0.717, 1.165) is 22.2 Å². The van der Waals surface area contributed by atoms with Crippen molar-refractivity contribution in [1.82, 2.24) is 10.2 Å². The SMILES string of the molecule is C=CC(=O)Nc1cccc(-c2n[nH]c3cc(Cl)ccc23)c1. The Morgan fingerprint density at radius 3 is 2.95 bits per heavy atom. The molecule has 3 rings (SSSR count). The van der Waals surface area contributed by atoms with Crippen molar-refractivity contribution in [1.29, 1.82) is 0 Å². The Bertz CT molecular complexity index is 838. The van der Waals surface area contributed by atoms with Crippen LogP contribution in [0.1, 0.15) is 0 Å². The predicted octanol–water partition coefficient (Wildman–Crippen LogP) is 4.01. The summed E-state index contributed by atoms with van der Waals surface area (Å²) in [5, 5.41) is 11.7. The van der Waals surface area contributed by atoms with Crippen molar-refractivity contribution in [2.45, 2.75) is 0 Å². The van der Waals surface area contributed by atoms with E-state index in [0.29, 0.717) is 10.7 Å². The lowest BCUT2D eigenvalue weighted by Crippen LogP contribution is -2.06. The number of anilines is 1. The van der Waals surface area contributed by atoms with Crippen LogP contribution >= 0.6 is 11.6 Å². The van der Waals surface area contributed by atoms with Crippen LogP contribution in [0.3, 0.4) is 0 Å². The fourth-order valence-electron chi connectivity index (χ4n) is 2.15. The van der Waals surface area contributed by atoms with Crippen LogP contribution in [0.4, 0.5) is 5.69 Å². The van der Waals surface area contributed by atoms with Crippen molar-refractivity contribution in [3.63, 3.8) is 0 Å². The maximum Gasteiger partial charge on any atom is 0.247 e. The highest BCUT2D eigenvalue weighted by atomic mass is 35.5. The molecule has 2 aromatic carbocycles. The summed E-state index contributed by atoms with van der Waals surface area (Å²) in [5.74, 6) is -0.245. The first kappa shape index (κ1) is 13.4. The summed E-state index contributed by atoms with van der Waals surface area (Å²) in [6.45, 7) is 3.44. The van der Waals surface area contributed by atoms with E-state index in [9.17, 15) is 4.79 Å². The minimum atomic E-state index is -0.245. The third kappa shape index (κ3) is 2.66. The number of hydrogen-bond acceptors (Lipinski definition) is 2. The van der Waals surface area contributed by atoms with Crippen LogP contribution in [0.15, 0.2) is 55.1 Å². The molecule has 1 aromatic heterocycles. The van der Waals surface area contributed by atoms with Crippen LogP contribution in [0.5, 0.6) is 0 Å². The van der Waals surface area contributed by atoms with E-state index in [1.54, 1.807) is 0 Å². The average Bonchev–Trinajstić information content (AvgIpc) is 2.90. The number of carbonyl (C=O) groups is 1. The van der Waals surface area contributed by atoms with Crippen LogP contribution in [-0.2, 0) is 4.79 Å². The molecule has 0 spiro atoms. The highest BCUT2D eigenvalue weighted by Gasteiger charge is 2.09. The van der Waals surface area contributed by atoms with Crippen LogP contribution in [0.25, 0.3) is 22.2 Å². The molecule has 4 nitrogen and oxygen atoms in total. The molecule has 0 aliphatic rings. The zero-order chi connectivity index (χ0) is 14.8. The molecule has 2 N–H and O–H groups in total. The maximum atomic E-state index is 11.4. The number of H-pyrrole nitrogens is 1. The lowest BCUT2D eigenvalue weighted by Gasteiger charge is -2.04. The fourth-order valence-corrected chi connectivity index (χ4v) is 2.32. The minimum absolute atomic E-state index is 0.245. The number of halogens is 1. The molecule has 0 atom stereocenters.